The van der Waals surface area contributed by atoms with Gasteiger partial charge in [0.2, 0.25) is 0 Å². The third-order valence-electron chi connectivity index (χ3n) is 2.39. The van der Waals surface area contributed by atoms with Crippen LogP contribution in [0.4, 0.5) is 0 Å². The lowest BCUT2D eigenvalue weighted by atomic mass is 10.2. The number of methoxy groups -OCH3 is 1. The first-order chi connectivity index (χ1) is 9.19. The first kappa shape index (κ1) is 15.8. The fraction of sp³-hybridized carbons (Fsp3) is 0.462. The highest BCUT2D eigenvalue weighted by Crippen LogP contribution is 2.28. The molecule has 0 aromatic heterocycles. The molecule has 0 heterocycles. The average molecular weight is 287 g/mol. The van der Waals surface area contributed by atoms with Gasteiger partial charge in [0.15, 0.2) is 6.61 Å². The van der Waals surface area contributed by atoms with Crippen molar-refractivity contribution in [3.63, 3.8) is 0 Å². The van der Waals surface area contributed by atoms with Crippen LogP contribution in [0.1, 0.15) is 5.56 Å². The van der Waals surface area contributed by atoms with Gasteiger partial charge in [-0.3, -0.25) is 4.79 Å². The molecule has 6 heteroatoms. The summed E-state index contributed by atoms with van der Waals surface area (Å²) in [6.07, 6.45) is 0. The first-order valence-electron chi connectivity index (χ1n) is 5.99. The molecule has 0 saturated carbocycles. The second-order valence-electron chi connectivity index (χ2n) is 3.89. The van der Waals surface area contributed by atoms with Crippen molar-refractivity contribution >= 4 is 17.5 Å². The number of para-hydroxylation sites is 1. The van der Waals surface area contributed by atoms with Crippen LogP contribution < -0.4 is 15.4 Å². The third kappa shape index (κ3) is 5.46. The van der Waals surface area contributed by atoms with Crippen LogP contribution >= 0.6 is 11.6 Å². The van der Waals surface area contributed by atoms with Crippen LogP contribution in [0.25, 0.3) is 0 Å². The van der Waals surface area contributed by atoms with Gasteiger partial charge in [0, 0.05) is 25.8 Å². The Morgan fingerprint density at radius 3 is 2.89 bits per heavy atom. The summed E-state index contributed by atoms with van der Waals surface area (Å²) in [5.74, 6) is 0.341. The summed E-state index contributed by atoms with van der Waals surface area (Å²) in [4.78, 5) is 11.5. The molecule has 5 nitrogen and oxygen atoms in total. The molecule has 1 aromatic rings. The predicted molar refractivity (Wildman–Crippen MR) is 74.6 cm³/mol. The van der Waals surface area contributed by atoms with Crippen LogP contribution in [0.5, 0.6) is 5.75 Å². The zero-order valence-electron chi connectivity index (χ0n) is 11.2. The van der Waals surface area contributed by atoms with E-state index < -0.39 is 0 Å². The Hall–Kier alpha value is -1.30. The van der Waals surface area contributed by atoms with E-state index in [0.29, 0.717) is 30.5 Å². The van der Waals surface area contributed by atoms with E-state index in [0.717, 1.165) is 5.56 Å². The number of hydrogen-bond acceptors (Lipinski definition) is 4. The van der Waals surface area contributed by atoms with Crippen LogP contribution in [-0.4, -0.2) is 39.8 Å². The quantitative estimate of drug-likeness (QED) is 0.705. The molecule has 0 spiro atoms. The number of carbonyl (C=O) groups excluding carboxylic acids is 1. The van der Waals surface area contributed by atoms with E-state index >= 15 is 0 Å². The van der Waals surface area contributed by atoms with Crippen molar-refractivity contribution in [2.45, 2.75) is 6.54 Å². The molecule has 0 unspecified atom stereocenters. The van der Waals surface area contributed by atoms with Crippen molar-refractivity contribution in [3.05, 3.63) is 28.8 Å². The van der Waals surface area contributed by atoms with Gasteiger partial charge in [-0.2, -0.15) is 0 Å². The van der Waals surface area contributed by atoms with Gasteiger partial charge in [-0.05, 0) is 13.1 Å². The fourth-order valence-electron chi connectivity index (χ4n) is 1.53. The zero-order chi connectivity index (χ0) is 14.1. The van der Waals surface area contributed by atoms with Gasteiger partial charge in [0.1, 0.15) is 5.75 Å². The molecule has 0 aliphatic rings. The molecule has 19 heavy (non-hydrogen) atoms. The van der Waals surface area contributed by atoms with Crippen LogP contribution in [0, 0.1) is 0 Å². The molecule has 0 aliphatic heterocycles. The SMILES string of the molecule is CNCc1cccc(Cl)c1OCC(=O)NCCOC. The second-order valence-corrected chi connectivity index (χ2v) is 4.30. The lowest BCUT2D eigenvalue weighted by Crippen LogP contribution is -2.31. The lowest BCUT2D eigenvalue weighted by molar-refractivity contribution is -0.123. The Bertz CT molecular complexity index is 413. The highest BCUT2D eigenvalue weighted by molar-refractivity contribution is 6.32. The number of carbonyl (C=O) groups is 1. The van der Waals surface area contributed by atoms with Crippen molar-refractivity contribution in [3.8, 4) is 5.75 Å². The van der Waals surface area contributed by atoms with E-state index in [1.165, 1.54) is 0 Å². The number of rotatable bonds is 8. The van der Waals surface area contributed by atoms with Crippen LogP contribution in [-0.2, 0) is 16.1 Å². The van der Waals surface area contributed by atoms with Crippen LogP contribution in [0.3, 0.4) is 0 Å². The Balaban J connectivity index is 2.54. The van der Waals surface area contributed by atoms with E-state index in [4.69, 9.17) is 21.1 Å². The Morgan fingerprint density at radius 2 is 2.21 bits per heavy atom. The summed E-state index contributed by atoms with van der Waals surface area (Å²) in [5.41, 5.74) is 0.916. The fourth-order valence-corrected chi connectivity index (χ4v) is 1.77. The highest BCUT2D eigenvalue weighted by atomic mass is 35.5. The van der Waals surface area contributed by atoms with Gasteiger partial charge in [0.25, 0.3) is 5.91 Å². The predicted octanol–water partition coefficient (Wildman–Crippen LogP) is 1.20. The maximum Gasteiger partial charge on any atom is 0.258 e. The largest absolute Gasteiger partial charge is 0.482 e. The van der Waals surface area contributed by atoms with Crippen molar-refractivity contribution in [2.24, 2.45) is 0 Å². The molecule has 0 atom stereocenters. The van der Waals surface area contributed by atoms with Gasteiger partial charge in [-0.1, -0.05) is 23.7 Å². The van der Waals surface area contributed by atoms with Crippen molar-refractivity contribution in [1.29, 1.82) is 0 Å². The number of nitrogens with one attached hydrogen (secondary N) is 2. The topological polar surface area (TPSA) is 59.6 Å². The van der Waals surface area contributed by atoms with Crippen molar-refractivity contribution < 1.29 is 14.3 Å². The number of benzene rings is 1. The van der Waals surface area contributed by atoms with Gasteiger partial charge < -0.3 is 20.1 Å². The summed E-state index contributed by atoms with van der Waals surface area (Å²) >= 11 is 6.07. The molecule has 0 aliphatic carbocycles. The summed E-state index contributed by atoms with van der Waals surface area (Å²) < 4.78 is 10.3. The number of hydrogen-bond donors (Lipinski definition) is 2. The van der Waals surface area contributed by atoms with Gasteiger partial charge in [0.05, 0.1) is 11.6 Å². The highest BCUT2D eigenvalue weighted by Gasteiger charge is 2.10. The van der Waals surface area contributed by atoms with E-state index in [1.54, 1.807) is 13.2 Å². The van der Waals surface area contributed by atoms with Crippen LogP contribution in [0.2, 0.25) is 5.02 Å². The molecule has 106 valence electrons. The summed E-state index contributed by atoms with van der Waals surface area (Å²) in [5, 5.41) is 6.20. The number of ether oxygens (including phenoxy) is 2. The van der Waals surface area contributed by atoms with Gasteiger partial charge in [-0.15, -0.1) is 0 Å². The van der Waals surface area contributed by atoms with Gasteiger partial charge >= 0.3 is 0 Å². The molecule has 0 radical (unpaired) electrons. The van der Waals surface area contributed by atoms with Gasteiger partial charge in [-0.25, -0.2) is 0 Å². The minimum atomic E-state index is -0.202. The molecule has 0 fully saturated rings. The smallest absolute Gasteiger partial charge is 0.258 e. The first-order valence-corrected chi connectivity index (χ1v) is 6.37. The number of halogens is 1. The maximum absolute atomic E-state index is 11.5. The Labute approximate surface area is 118 Å². The Morgan fingerprint density at radius 1 is 1.42 bits per heavy atom. The normalized spacial score (nSPS) is 10.3. The molecule has 0 bridgehead atoms. The standard InChI is InChI=1S/C13H19ClN2O3/c1-15-8-10-4-3-5-11(14)13(10)19-9-12(17)16-6-7-18-2/h3-5,15H,6-9H2,1-2H3,(H,16,17). The monoisotopic (exact) mass is 286 g/mol. The Kier molecular flexibility index (Phi) is 7.25. The molecule has 2 N–H and O–H groups in total. The average Bonchev–Trinajstić information content (AvgIpc) is 2.39. The van der Waals surface area contributed by atoms with E-state index in [2.05, 4.69) is 10.6 Å². The zero-order valence-corrected chi connectivity index (χ0v) is 11.9. The molecular weight excluding hydrogens is 268 g/mol. The third-order valence-corrected chi connectivity index (χ3v) is 2.69. The van der Waals surface area contributed by atoms with Crippen molar-refractivity contribution in [1.82, 2.24) is 10.6 Å². The molecular formula is C13H19ClN2O3. The summed E-state index contributed by atoms with van der Waals surface area (Å²) in [6.45, 7) is 1.50. The van der Waals surface area contributed by atoms with Crippen LogP contribution in [0.15, 0.2) is 18.2 Å². The maximum atomic E-state index is 11.5. The van der Waals surface area contributed by atoms with Crippen molar-refractivity contribution in [2.75, 3.05) is 33.9 Å². The molecule has 1 amide bonds. The summed E-state index contributed by atoms with van der Waals surface area (Å²) in [7, 11) is 3.42. The molecule has 1 rings (SSSR count). The molecule has 1 aromatic carbocycles. The number of amides is 1. The molecule has 0 saturated heterocycles. The second kappa shape index (κ2) is 8.74. The van der Waals surface area contributed by atoms with E-state index in [1.807, 2.05) is 19.2 Å². The van der Waals surface area contributed by atoms with E-state index in [-0.39, 0.29) is 12.5 Å². The summed E-state index contributed by atoms with van der Waals surface area (Å²) in [6, 6.07) is 5.49. The lowest BCUT2D eigenvalue weighted by Gasteiger charge is -2.12. The minimum absolute atomic E-state index is 0.0653. The minimum Gasteiger partial charge on any atom is -0.482 e. The van der Waals surface area contributed by atoms with E-state index in [9.17, 15) is 4.79 Å².